The Kier molecular flexibility index (Phi) is 6.35. The van der Waals surface area contributed by atoms with Crippen molar-refractivity contribution in [3.05, 3.63) is 101 Å². The summed E-state index contributed by atoms with van der Waals surface area (Å²) in [5.74, 6) is 1.51. The normalized spacial score (nSPS) is 11.2. The second-order valence-electron chi connectivity index (χ2n) is 6.25. The number of halogens is 2. The highest BCUT2D eigenvalue weighted by molar-refractivity contribution is 7.99. The second kappa shape index (κ2) is 9.31. The molecule has 1 heterocycles. The Morgan fingerprint density at radius 1 is 0.828 bits per heavy atom. The zero-order valence-corrected chi connectivity index (χ0v) is 17.7. The molecule has 0 amide bonds. The van der Waals surface area contributed by atoms with Crippen LogP contribution in [-0.4, -0.2) is 20.5 Å². The largest absolute Gasteiger partial charge is 0.270 e. The third-order valence-electron chi connectivity index (χ3n) is 4.22. The van der Waals surface area contributed by atoms with E-state index in [0.717, 1.165) is 28.0 Å². The molecule has 0 bridgehead atoms. The van der Waals surface area contributed by atoms with Crippen LogP contribution in [0, 0.1) is 0 Å². The average molecular weight is 438 g/mol. The van der Waals surface area contributed by atoms with Crippen molar-refractivity contribution in [1.29, 1.82) is 0 Å². The molecule has 3 nitrogen and oxygen atoms in total. The van der Waals surface area contributed by atoms with E-state index in [1.54, 1.807) is 11.8 Å². The minimum absolute atomic E-state index is 0.660. The Morgan fingerprint density at radius 2 is 1.62 bits per heavy atom. The molecule has 0 aliphatic carbocycles. The summed E-state index contributed by atoms with van der Waals surface area (Å²) in [5.41, 5.74) is 3.03. The summed E-state index contributed by atoms with van der Waals surface area (Å²) in [6.45, 7) is 0. The van der Waals surface area contributed by atoms with Crippen molar-refractivity contribution in [2.75, 3.05) is 5.75 Å². The van der Waals surface area contributed by atoms with Crippen LogP contribution >= 0.6 is 35.0 Å². The molecule has 0 saturated carbocycles. The van der Waals surface area contributed by atoms with Crippen molar-refractivity contribution in [3.63, 3.8) is 0 Å². The van der Waals surface area contributed by atoms with Gasteiger partial charge in [-0.3, -0.25) is 4.57 Å². The SMILES string of the molecule is Clc1ccc(-n2c(SCC=Cc3ccccc3)nnc2-c2cccc(Cl)c2)cc1. The first-order chi connectivity index (χ1) is 14.2. The number of benzene rings is 3. The van der Waals surface area contributed by atoms with Crippen molar-refractivity contribution >= 4 is 41.0 Å². The first-order valence-electron chi connectivity index (χ1n) is 9.02. The van der Waals surface area contributed by atoms with Crippen LogP contribution in [0.4, 0.5) is 0 Å². The summed E-state index contributed by atoms with van der Waals surface area (Å²) in [6, 6.07) is 25.5. The number of rotatable bonds is 6. The van der Waals surface area contributed by atoms with Gasteiger partial charge in [0.1, 0.15) is 0 Å². The van der Waals surface area contributed by atoms with Crippen LogP contribution in [0.5, 0.6) is 0 Å². The van der Waals surface area contributed by atoms with Crippen molar-refractivity contribution in [3.8, 4) is 17.1 Å². The van der Waals surface area contributed by atoms with Gasteiger partial charge in [0.25, 0.3) is 0 Å². The molecule has 0 radical (unpaired) electrons. The number of thioether (sulfide) groups is 1. The van der Waals surface area contributed by atoms with Gasteiger partial charge in [-0.15, -0.1) is 10.2 Å². The lowest BCUT2D eigenvalue weighted by Gasteiger charge is -2.10. The molecule has 29 heavy (non-hydrogen) atoms. The summed E-state index contributed by atoms with van der Waals surface area (Å²) < 4.78 is 2.03. The highest BCUT2D eigenvalue weighted by atomic mass is 35.5. The Bertz CT molecular complexity index is 1120. The highest BCUT2D eigenvalue weighted by Gasteiger charge is 2.16. The Morgan fingerprint density at radius 3 is 2.38 bits per heavy atom. The highest BCUT2D eigenvalue weighted by Crippen LogP contribution is 2.29. The predicted molar refractivity (Wildman–Crippen MR) is 123 cm³/mol. The lowest BCUT2D eigenvalue weighted by atomic mass is 10.2. The molecule has 3 aromatic carbocycles. The molecular weight excluding hydrogens is 421 g/mol. The van der Waals surface area contributed by atoms with Gasteiger partial charge < -0.3 is 0 Å². The van der Waals surface area contributed by atoms with Crippen molar-refractivity contribution < 1.29 is 0 Å². The minimum atomic E-state index is 0.660. The monoisotopic (exact) mass is 437 g/mol. The van der Waals surface area contributed by atoms with Gasteiger partial charge in [-0.25, -0.2) is 0 Å². The fraction of sp³-hybridized carbons (Fsp3) is 0.0435. The van der Waals surface area contributed by atoms with Gasteiger partial charge in [-0.2, -0.15) is 0 Å². The van der Waals surface area contributed by atoms with E-state index in [-0.39, 0.29) is 0 Å². The number of hydrogen-bond acceptors (Lipinski definition) is 3. The van der Waals surface area contributed by atoms with Gasteiger partial charge in [-0.05, 0) is 42.0 Å². The Labute approximate surface area is 184 Å². The summed E-state index contributed by atoms with van der Waals surface area (Å²) in [6.07, 6.45) is 4.23. The predicted octanol–water partition coefficient (Wildman–Crippen LogP) is 7.05. The number of hydrogen-bond donors (Lipinski definition) is 0. The fourth-order valence-corrected chi connectivity index (χ4v) is 3.95. The van der Waals surface area contributed by atoms with Gasteiger partial charge in [0.2, 0.25) is 0 Å². The first-order valence-corrected chi connectivity index (χ1v) is 10.8. The molecule has 1 aromatic heterocycles. The molecule has 0 atom stereocenters. The summed E-state index contributed by atoms with van der Waals surface area (Å²) in [7, 11) is 0. The van der Waals surface area contributed by atoms with E-state index in [1.807, 2.05) is 71.3 Å². The number of aromatic nitrogens is 3. The standard InChI is InChI=1S/C23H17Cl2N3S/c24-19-11-13-21(14-12-19)28-22(18-9-4-10-20(25)16-18)26-27-23(28)29-15-5-8-17-6-2-1-3-7-17/h1-14,16H,15H2. The molecule has 4 rings (SSSR count). The van der Waals surface area contributed by atoms with Crippen LogP contribution in [0.3, 0.4) is 0 Å². The number of nitrogens with zero attached hydrogens (tertiary/aromatic N) is 3. The fourth-order valence-electron chi connectivity index (χ4n) is 2.87. The summed E-state index contributed by atoms with van der Waals surface area (Å²) in [5, 5.41) is 11.0. The Balaban J connectivity index is 1.64. The molecule has 0 N–H and O–H groups in total. The molecular formula is C23H17Cl2N3S. The minimum Gasteiger partial charge on any atom is -0.270 e. The van der Waals surface area contributed by atoms with E-state index in [0.29, 0.717) is 10.0 Å². The van der Waals surface area contributed by atoms with Crippen LogP contribution in [-0.2, 0) is 0 Å². The topological polar surface area (TPSA) is 30.7 Å². The maximum absolute atomic E-state index is 6.19. The van der Waals surface area contributed by atoms with Crippen molar-refractivity contribution in [1.82, 2.24) is 14.8 Å². The molecule has 4 aromatic rings. The van der Waals surface area contributed by atoms with Gasteiger partial charge in [0, 0.05) is 27.0 Å². The van der Waals surface area contributed by atoms with Crippen LogP contribution in [0.15, 0.2) is 90.1 Å². The Hall–Kier alpha value is -2.53. The molecule has 0 fully saturated rings. The van der Waals surface area contributed by atoms with Crippen molar-refractivity contribution in [2.24, 2.45) is 0 Å². The third-order valence-corrected chi connectivity index (χ3v) is 5.59. The van der Waals surface area contributed by atoms with E-state index < -0.39 is 0 Å². The summed E-state index contributed by atoms with van der Waals surface area (Å²) in [4.78, 5) is 0. The van der Waals surface area contributed by atoms with E-state index in [9.17, 15) is 0 Å². The molecule has 0 aliphatic rings. The van der Waals surface area contributed by atoms with Crippen LogP contribution < -0.4 is 0 Å². The average Bonchev–Trinajstić information content (AvgIpc) is 3.16. The molecule has 0 unspecified atom stereocenters. The zero-order valence-electron chi connectivity index (χ0n) is 15.4. The first kappa shape index (κ1) is 19.8. The van der Waals surface area contributed by atoms with E-state index in [1.165, 1.54) is 5.56 Å². The molecule has 144 valence electrons. The van der Waals surface area contributed by atoms with E-state index in [2.05, 4.69) is 34.5 Å². The smallest absolute Gasteiger partial charge is 0.196 e. The molecule has 6 heteroatoms. The quantitative estimate of drug-likeness (QED) is 0.302. The maximum Gasteiger partial charge on any atom is 0.196 e. The zero-order chi connectivity index (χ0) is 20.1. The molecule has 0 aliphatic heterocycles. The van der Waals surface area contributed by atoms with Gasteiger partial charge in [-0.1, -0.05) is 89.6 Å². The lowest BCUT2D eigenvalue weighted by Crippen LogP contribution is -1.99. The van der Waals surface area contributed by atoms with E-state index >= 15 is 0 Å². The van der Waals surface area contributed by atoms with Gasteiger partial charge in [0.05, 0.1) is 0 Å². The van der Waals surface area contributed by atoms with Crippen LogP contribution in [0.25, 0.3) is 23.2 Å². The van der Waals surface area contributed by atoms with Crippen LogP contribution in [0.2, 0.25) is 10.0 Å². The maximum atomic E-state index is 6.19. The third kappa shape index (κ3) is 4.91. The second-order valence-corrected chi connectivity index (χ2v) is 8.11. The molecule has 0 saturated heterocycles. The van der Waals surface area contributed by atoms with Crippen molar-refractivity contribution in [2.45, 2.75) is 5.16 Å². The van der Waals surface area contributed by atoms with E-state index in [4.69, 9.17) is 23.2 Å². The summed E-state index contributed by atoms with van der Waals surface area (Å²) >= 11 is 13.9. The lowest BCUT2D eigenvalue weighted by molar-refractivity contribution is 0.888. The van der Waals surface area contributed by atoms with Crippen LogP contribution in [0.1, 0.15) is 5.56 Å². The van der Waals surface area contributed by atoms with Gasteiger partial charge in [0.15, 0.2) is 11.0 Å². The van der Waals surface area contributed by atoms with Gasteiger partial charge >= 0.3 is 0 Å². The molecule has 0 spiro atoms.